The van der Waals surface area contributed by atoms with Gasteiger partial charge in [0.05, 0.1) is 0 Å². The molecule has 7 heteroatoms. The topological polar surface area (TPSA) is 92.9 Å². The minimum Gasteiger partial charge on any atom is -0.481 e. The largest absolute Gasteiger partial charge is 0.481 e. The summed E-state index contributed by atoms with van der Waals surface area (Å²) in [5, 5.41) is 22.9. The molecule has 18 heavy (non-hydrogen) atoms. The third kappa shape index (κ3) is 4.68. The molecule has 0 spiro atoms. The number of anilines is 1. The number of carboxylic acid groups (broad SMARTS) is 1. The highest BCUT2D eigenvalue weighted by Gasteiger charge is 2.15. The summed E-state index contributed by atoms with van der Waals surface area (Å²) < 4.78 is 1.57. The van der Waals surface area contributed by atoms with Crippen LogP contribution in [0.15, 0.2) is 0 Å². The van der Waals surface area contributed by atoms with Gasteiger partial charge in [-0.05, 0) is 35.1 Å². The molecular formula is C11H21N5O2. The molecule has 1 aromatic heterocycles. The fourth-order valence-corrected chi connectivity index (χ4v) is 1.87. The Hall–Kier alpha value is -1.66. The first kappa shape index (κ1) is 14.4. The van der Waals surface area contributed by atoms with E-state index in [1.165, 1.54) is 0 Å². The molecule has 1 unspecified atom stereocenters. The lowest BCUT2D eigenvalue weighted by atomic mass is 9.88. The molecule has 1 rings (SSSR count). The fourth-order valence-electron chi connectivity index (χ4n) is 1.87. The Labute approximate surface area is 107 Å². The van der Waals surface area contributed by atoms with Crippen LogP contribution >= 0.6 is 0 Å². The standard InChI is InChI=1S/C11H21N5O2/c1-8(2)9(4-5-10(17)18)6-7-12-11-13-14-15-16(11)3/h8-9H,4-7H2,1-3H3,(H,17,18)(H,12,13,15). The van der Waals surface area contributed by atoms with Crippen LogP contribution < -0.4 is 5.32 Å². The molecule has 0 aliphatic heterocycles. The van der Waals surface area contributed by atoms with E-state index in [2.05, 4.69) is 34.7 Å². The molecule has 0 saturated heterocycles. The second kappa shape index (κ2) is 6.93. The van der Waals surface area contributed by atoms with Gasteiger partial charge in [0, 0.05) is 20.0 Å². The monoisotopic (exact) mass is 255 g/mol. The Morgan fingerprint density at radius 1 is 1.44 bits per heavy atom. The van der Waals surface area contributed by atoms with Crippen molar-refractivity contribution >= 4 is 11.9 Å². The molecule has 7 nitrogen and oxygen atoms in total. The van der Waals surface area contributed by atoms with Gasteiger partial charge in [-0.1, -0.05) is 18.9 Å². The van der Waals surface area contributed by atoms with E-state index in [9.17, 15) is 4.79 Å². The van der Waals surface area contributed by atoms with Gasteiger partial charge in [-0.25, -0.2) is 4.68 Å². The van der Waals surface area contributed by atoms with Gasteiger partial charge in [0.2, 0.25) is 5.95 Å². The van der Waals surface area contributed by atoms with Crippen LogP contribution in [0.2, 0.25) is 0 Å². The van der Waals surface area contributed by atoms with Crippen molar-refractivity contribution in [1.29, 1.82) is 0 Å². The molecule has 0 amide bonds. The van der Waals surface area contributed by atoms with Gasteiger partial charge in [0.1, 0.15) is 0 Å². The van der Waals surface area contributed by atoms with Crippen LogP contribution in [0.1, 0.15) is 33.1 Å². The first-order valence-electron chi connectivity index (χ1n) is 6.18. The summed E-state index contributed by atoms with van der Waals surface area (Å²) >= 11 is 0. The van der Waals surface area contributed by atoms with E-state index < -0.39 is 5.97 Å². The zero-order valence-electron chi connectivity index (χ0n) is 11.1. The second-order valence-electron chi connectivity index (χ2n) is 4.78. The normalized spacial score (nSPS) is 12.7. The molecule has 2 N–H and O–H groups in total. The first-order valence-corrected chi connectivity index (χ1v) is 6.18. The number of hydrogen-bond acceptors (Lipinski definition) is 5. The summed E-state index contributed by atoms with van der Waals surface area (Å²) in [6.07, 6.45) is 1.86. The van der Waals surface area contributed by atoms with E-state index in [0.717, 1.165) is 13.0 Å². The Morgan fingerprint density at radius 2 is 2.17 bits per heavy atom. The van der Waals surface area contributed by atoms with Gasteiger partial charge in [-0.15, -0.1) is 0 Å². The minimum atomic E-state index is -0.730. The van der Waals surface area contributed by atoms with Crippen LogP contribution in [0.3, 0.4) is 0 Å². The molecule has 1 atom stereocenters. The Kier molecular flexibility index (Phi) is 5.54. The summed E-state index contributed by atoms with van der Waals surface area (Å²) in [5.74, 6) is 0.778. The van der Waals surface area contributed by atoms with Gasteiger partial charge >= 0.3 is 5.97 Å². The number of hydrogen-bond donors (Lipinski definition) is 2. The van der Waals surface area contributed by atoms with Gasteiger partial charge < -0.3 is 10.4 Å². The quantitative estimate of drug-likeness (QED) is 0.723. The van der Waals surface area contributed by atoms with Crippen molar-refractivity contribution in [2.24, 2.45) is 18.9 Å². The van der Waals surface area contributed by atoms with Gasteiger partial charge in [0.25, 0.3) is 0 Å². The van der Waals surface area contributed by atoms with Crippen LogP contribution in [0.25, 0.3) is 0 Å². The lowest BCUT2D eigenvalue weighted by Crippen LogP contribution is -2.17. The highest BCUT2D eigenvalue weighted by Crippen LogP contribution is 2.21. The summed E-state index contributed by atoms with van der Waals surface area (Å²) in [5.41, 5.74) is 0. The average Bonchev–Trinajstić information content (AvgIpc) is 2.68. The van der Waals surface area contributed by atoms with Gasteiger partial charge in [0.15, 0.2) is 0 Å². The molecule has 0 aliphatic rings. The Morgan fingerprint density at radius 3 is 2.67 bits per heavy atom. The summed E-state index contributed by atoms with van der Waals surface area (Å²) in [4.78, 5) is 10.6. The number of rotatable bonds is 8. The van der Waals surface area contributed by atoms with Crippen molar-refractivity contribution < 1.29 is 9.90 Å². The smallest absolute Gasteiger partial charge is 0.303 e. The average molecular weight is 255 g/mol. The van der Waals surface area contributed by atoms with Crippen LogP contribution in [0, 0.1) is 11.8 Å². The molecule has 0 bridgehead atoms. The predicted octanol–water partition coefficient (Wildman–Crippen LogP) is 1.15. The summed E-state index contributed by atoms with van der Waals surface area (Å²) in [7, 11) is 1.77. The van der Waals surface area contributed by atoms with Crippen LogP contribution in [-0.2, 0) is 11.8 Å². The van der Waals surface area contributed by atoms with Crippen LogP contribution in [0.4, 0.5) is 5.95 Å². The number of aryl methyl sites for hydroxylation is 1. The molecule has 0 aliphatic carbocycles. The van der Waals surface area contributed by atoms with Gasteiger partial charge in [-0.2, -0.15) is 0 Å². The lowest BCUT2D eigenvalue weighted by molar-refractivity contribution is -0.137. The van der Waals surface area contributed by atoms with Crippen molar-refractivity contribution in [2.45, 2.75) is 33.1 Å². The third-order valence-corrected chi connectivity index (χ3v) is 3.09. The van der Waals surface area contributed by atoms with E-state index in [1.54, 1.807) is 11.7 Å². The molecular weight excluding hydrogens is 234 g/mol. The molecule has 102 valence electrons. The lowest BCUT2D eigenvalue weighted by Gasteiger charge is -2.20. The SMILES string of the molecule is CC(C)C(CCNc1nnnn1C)CCC(=O)O. The maximum absolute atomic E-state index is 10.6. The van der Waals surface area contributed by atoms with Crippen molar-refractivity contribution in [3.05, 3.63) is 0 Å². The molecule has 1 aromatic rings. The molecule has 0 radical (unpaired) electrons. The van der Waals surface area contributed by atoms with E-state index in [-0.39, 0.29) is 6.42 Å². The number of nitrogens with zero attached hydrogens (tertiary/aromatic N) is 4. The highest BCUT2D eigenvalue weighted by atomic mass is 16.4. The first-order chi connectivity index (χ1) is 8.50. The van der Waals surface area contributed by atoms with Gasteiger partial charge in [-0.3, -0.25) is 4.79 Å². The summed E-state index contributed by atoms with van der Waals surface area (Å²) in [6, 6.07) is 0. The third-order valence-electron chi connectivity index (χ3n) is 3.09. The molecule has 1 heterocycles. The van der Waals surface area contributed by atoms with Crippen molar-refractivity contribution in [3.63, 3.8) is 0 Å². The Bertz CT molecular complexity index is 377. The molecule has 0 saturated carbocycles. The zero-order chi connectivity index (χ0) is 13.5. The predicted molar refractivity (Wildman–Crippen MR) is 67.1 cm³/mol. The van der Waals surface area contributed by atoms with Crippen molar-refractivity contribution in [3.8, 4) is 0 Å². The number of carbonyl (C=O) groups is 1. The number of aromatic nitrogens is 4. The van der Waals surface area contributed by atoms with E-state index in [0.29, 0.717) is 24.2 Å². The number of carboxylic acids is 1. The highest BCUT2D eigenvalue weighted by molar-refractivity contribution is 5.66. The van der Waals surface area contributed by atoms with Crippen LogP contribution in [0.5, 0.6) is 0 Å². The molecule has 0 aromatic carbocycles. The van der Waals surface area contributed by atoms with Crippen molar-refractivity contribution in [2.75, 3.05) is 11.9 Å². The summed E-state index contributed by atoms with van der Waals surface area (Å²) in [6.45, 7) is 4.99. The van der Waals surface area contributed by atoms with E-state index in [4.69, 9.17) is 5.11 Å². The zero-order valence-corrected chi connectivity index (χ0v) is 11.1. The number of aliphatic carboxylic acids is 1. The Balaban J connectivity index is 2.33. The minimum absolute atomic E-state index is 0.231. The van der Waals surface area contributed by atoms with E-state index in [1.807, 2.05) is 0 Å². The number of nitrogens with one attached hydrogen (secondary N) is 1. The maximum Gasteiger partial charge on any atom is 0.303 e. The van der Waals surface area contributed by atoms with Crippen molar-refractivity contribution in [1.82, 2.24) is 20.2 Å². The van der Waals surface area contributed by atoms with Crippen LogP contribution in [-0.4, -0.2) is 37.8 Å². The fraction of sp³-hybridized carbons (Fsp3) is 0.818. The van der Waals surface area contributed by atoms with E-state index >= 15 is 0 Å². The second-order valence-corrected chi connectivity index (χ2v) is 4.78. The molecule has 0 fully saturated rings. The maximum atomic E-state index is 10.6. The number of tetrazole rings is 1.